The molecule has 0 saturated heterocycles. The first-order chi connectivity index (χ1) is 9.29. The first-order valence-corrected chi connectivity index (χ1v) is 6.98. The fourth-order valence-electron chi connectivity index (χ4n) is 1.90. The van der Waals surface area contributed by atoms with E-state index in [4.69, 9.17) is 4.42 Å². The Hall–Kier alpha value is -1.53. The van der Waals surface area contributed by atoms with Gasteiger partial charge < -0.3 is 19.4 Å². The van der Waals surface area contributed by atoms with Crippen LogP contribution in [0.2, 0.25) is 0 Å². The van der Waals surface area contributed by atoms with Crippen LogP contribution in [0.15, 0.2) is 33.3 Å². The third kappa shape index (κ3) is 3.13. The molecule has 0 fully saturated rings. The molecule has 20 heavy (non-hydrogen) atoms. The van der Waals surface area contributed by atoms with Crippen LogP contribution >= 0.6 is 15.9 Å². The minimum atomic E-state index is -1.24. The molecule has 0 aromatic carbocycles. The predicted octanol–water partition coefficient (Wildman–Crippen LogP) is 2.33. The molecule has 0 aliphatic carbocycles. The van der Waals surface area contributed by atoms with Crippen molar-refractivity contribution in [2.24, 2.45) is 7.05 Å². The van der Waals surface area contributed by atoms with Gasteiger partial charge in [-0.05, 0) is 48.0 Å². The summed E-state index contributed by atoms with van der Waals surface area (Å²) >= 11 is 3.32. The summed E-state index contributed by atoms with van der Waals surface area (Å²) < 4.78 is 7.95. The van der Waals surface area contributed by atoms with Crippen molar-refractivity contribution in [1.29, 1.82) is 0 Å². The maximum Gasteiger partial charge on any atom is 0.268 e. The standard InChI is InChI=1S/C14H17BrN2O3/c1-9-4-5-12(20-9)14(2,19)8-16-13(18)11-6-10(15)7-17(11)3/h4-7,19H,8H2,1-3H3,(H,16,18)/t14-/m1/s1. The van der Waals surface area contributed by atoms with Crippen LogP contribution in [0.3, 0.4) is 0 Å². The van der Waals surface area contributed by atoms with Gasteiger partial charge in [-0.3, -0.25) is 4.79 Å². The van der Waals surface area contributed by atoms with Gasteiger partial charge in [-0.25, -0.2) is 0 Å². The number of nitrogens with one attached hydrogen (secondary N) is 1. The van der Waals surface area contributed by atoms with Crippen LogP contribution in [0.4, 0.5) is 0 Å². The Morgan fingerprint density at radius 3 is 2.75 bits per heavy atom. The lowest BCUT2D eigenvalue weighted by Crippen LogP contribution is -2.38. The highest BCUT2D eigenvalue weighted by atomic mass is 79.9. The molecule has 1 amide bonds. The van der Waals surface area contributed by atoms with Gasteiger partial charge in [-0.1, -0.05) is 0 Å². The van der Waals surface area contributed by atoms with E-state index in [1.807, 2.05) is 0 Å². The molecule has 2 rings (SSSR count). The van der Waals surface area contributed by atoms with Crippen LogP contribution in [0.25, 0.3) is 0 Å². The van der Waals surface area contributed by atoms with E-state index in [0.717, 1.165) is 10.2 Å². The number of aliphatic hydroxyl groups is 1. The smallest absolute Gasteiger partial charge is 0.268 e. The number of nitrogens with zero attached hydrogens (tertiary/aromatic N) is 1. The molecule has 0 bridgehead atoms. The summed E-state index contributed by atoms with van der Waals surface area (Å²) in [5, 5.41) is 13.1. The van der Waals surface area contributed by atoms with Gasteiger partial charge in [0.2, 0.25) is 0 Å². The van der Waals surface area contributed by atoms with Gasteiger partial charge in [0.05, 0.1) is 6.54 Å². The van der Waals surface area contributed by atoms with Crippen molar-refractivity contribution >= 4 is 21.8 Å². The van der Waals surface area contributed by atoms with Crippen molar-refractivity contribution in [3.63, 3.8) is 0 Å². The highest BCUT2D eigenvalue weighted by molar-refractivity contribution is 9.10. The molecule has 2 aromatic rings. The zero-order valence-electron chi connectivity index (χ0n) is 11.6. The Balaban J connectivity index is 2.04. The van der Waals surface area contributed by atoms with Gasteiger partial charge in [0.1, 0.15) is 22.8 Å². The number of aryl methyl sites for hydroxylation is 2. The first-order valence-electron chi connectivity index (χ1n) is 6.19. The van der Waals surface area contributed by atoms with E-state index >= 15 is 0 Å². The summed E-state index contributed by atoms with van der Waals surface area (Å²) in [7, 11) is 1.79. The van der Waals surface area contributed by atoms with Gasteiger partial charge >= 0.3 is 0 Å². The summed E-state index contributed by atoms with van der Waals surface area (Å²) in [5.74, 6) is 0.906. The number of furan rings is 1. The van der Waals surface area contributed by atoms with Crippen molar-refractivity contribution in [2.75, 3.05) is 6.54 Å². The van der Waals surface area contributed by atoms with Crippen molar-refractivity contribution in [2.45, 2.75) is 19.4 Å². The largest absolute Gasteiger partial charge is 0.463 e. The molecule has 108 valence electrons. The Morgan fingerprint density at radius 1 is 1.55 bits per heavy atom. The Kier molecular flexibility index (Phi) is 4.06. The van der Waals surface area contributed by atoms with Crippen LogP contribution in [0.5, 0.6) is 0 Å². The Morgan fingerprint density at radius 2 is 2.25 bits per heavy atom. The topological polar surface area (TPSA) is 67.4 Å². The van der Waals surface area contributed by atoms with E-state index < -0.39 is 5.60 Å². The van der Waals surface area contributed by atoms with E-state index in [-0.39, 0.29) is 12.5 Å². The lowest BCUT2D eigenvalue weighted by Gasteiger charge is -2.21. The zero-order valence-corrected chi connectivity index (χ0v) is 13.2. The average molecular weight is 341 g/mol. The van der Waals surface area contributed by atoms with Crippen molar-refractivity contribution < 1.29 is 14.3 Å². The minimum absolute atomic E-state index is 0.0710. The molecule has 6 heteroatoms. The highest BCUT2D eigenvalue weighted by Crippen LogP contribution is 2.22. The highest BCUT2D eigenvalue weighted by Gasteiger charge is 2.27. The van der Waals surface area contributed by atoms with E-state index in [1.165, 1.54) is 0 Å². The Bertz CT molecular complexity index is 628. The number of hydrogen-bond donors (Lipinski definition) is 2. The molecule has 0 saturated carbocycles. The molecular formula is C14H17BrN2O3. The maximum absolute atomic E-state index is 12.1. The molecule has 0 aliphatic rings. The molecule has 0 spiro atoms. The number of halogens is 1. The summed E-state index contributed by atoms with van der Waals surface area (Å²) in [6.45, 7) is 3.48. The summed E-state index contributed by atoms with van der Waals surface area (Å²) in [4.78, 5) is 12.1. The number of carbonyl (C=O) groups excluding carboxylic acids is 1. The van der Waals surface area contributed by atoms with Crippen molar-refractivity contribution in [3.05, 3.63) is 46.1 Å². The van der Waals surface area contributed by atoms with Gasteiger partial charge in [-0.15, -0.1) is 0 Å². The number of hydrogen-bond acceptors (Lipinski definition) is 3. The van der Waals surface area contributed by atoms with E-state index in [0.29, 0.717) is 11.5 Å². The number of amides is 1. The normalized spacial score (nSPS) is 14.1. The quantitative estimate of drug-likeness (QED) is 0.897. The summed E-state index contributed by atoms with van der Waals surface area (Å²) in [5.41, 5.74) is -0.727. The van der Waals surface area contributed by atoms with E-state index in [1.54, 1.807) is 49.9 Å². The lowest BCUT2D eigenvalue weighted by atomic mass is 10.0. The van der Waals surface area contributed by atoms with Crippen LogP contribution in [0, 0.1) is 6.92 Å². The second kappa shape index (κ2) is 5.46. The van der Waals surface area contributed by atoms with E-state index in [2.05, 4.69) is 21.2 Å². The SMILES string of the molecule is Cc1ccc([C@](C)(O)CNC(=O)c2cc(Br)cn2C)o1. The zero-order chi connectivity index (χ0) is 14.9. The van der Waals surface area contributed by atoms with Crippen molar-refractivity contribution in [1.82, 2.24) is 9.88 Å². The van der Waals surface area contributed by atoms with Gasteiger partial charge in [0, 0.05) is 17.7 Å². The molecule has 1 atom stereocenters. The second-order valence-corrected chi connectivity index (χ2v) is 5.94. The predicted molar refractivity (Wildman–Crippen MR) is 78.5 cm³/mol. The molecule has 0 unspecified atom stereocenters. The number of carbonyl (C=O) groups is 1. The molecule has 2 N–H and O–H groups in total. The third-order valence-corrected chi connectivity index (χ3v) is 3.50. The molecule has 2 heterocycles. The maximum atomic E-state index is 12.1. The minimum Gasteiger partial charge on any atom is -0.463 e. The Labute approximate surface area is 125 Å². The summed E-state index contributed by atoms with van der Waals surface area (Å²) in [6.07, 6.45) is 1.79. The monoisotopic (exact) mass is 340 g/mol. The van der Waals surface area contributed by atoms with Crippen LogP contribution in [0.1, 0.15) is 28.9 Å². The van der Waals surface area contributed by atoms with E-state index in [9.17, 15) is 9.90 Å². The van der Waals surface area contributed by atoms with Crippen LogP contribution in [-0.4, -0.2) is 22.1 Å². The summed E-state index contributed by atoms with van der Waals surface area (Å²) in [6, 6.07) is 5.21. The van der Waals surface area contributed by atoms with Gasteiger partial charge in [0.15, 0.2) is 0 Å². The first kappa shape index (κ1) is 14.9. The van der Waals surface area contributed by atoms with Crippen molar-refractivity contribution in [3.8, 4) is 0 Å². The fraction of sp³-hybridized carbons (Fsp3) is 0.357. The second-order valence-electron chi connectivity index (χ2n) is 5.02. The molecule has 2 aromatic heterocycles. The fourth-order valence-corrected chi connectivity index (χ4v) is 2.43. The van der Waals surface area contributed by atoms with Crippen LogP contribution < -0.4 is 5.32 Å². The molecule has 0 aliphatic heterocycles. The number of aromatic nitrogens is 1. The molecule has 5 nitrogen and oxygen atoms in total. The number of rotatable bonds is 4. The van der Waals surface area contributed by atoms with Gasteiger partial charge in [-0.2, -0.15) is 0 Å². The lowest BCUT2D eigenvalue weighted by molar-refractivity contribution is 0.0322. The molecular weight excluding hydrogens is 324 g/mol. The average Bonchev–Trinajstić information content (AvgIpc) is 2.93. The van der Waals surface area contributed by atoms with Crippen LogP contribution in [-0.2, 0) is 12.6 Å². The van der Waals surface area contributed by atoms with Gasteiger partial charge in [0.25, 0.3) is 5.91 Å². The third-order valence-electron chi connectivity index (χ3n) is 3.07. The molecule has 0 radical (unpaired) electrons.